The summed E-state index contributed by atoms with van der Waals surface area (Å²) in [5.74, 6) is 0.135. The molecule has 0 saturated heterocycles. The van der Waals surface area contributed by atoms with Crippen molar-refractivity contribution in [3.63, 3.8) is 0 Å². The van der Waals surface area contributed by atoms with Gasteiger partial charge < -0.3 is 10.6 Å². The Morgan fingerprint density at radius 1 is 1.35 bits per heavy atom. The third-order valence-corrected chi connectivity index (χ3v) is 4.04. The summed E-state index contributed by atoms with van der Waals surface area (Å²) in [6.45, 7) is 4.15. The number of nitrogens with zero attached hydrogens (tertiary/aromatic N) is 1. The fraction of sp³-hybridized carbons (Fsp3) is 0.846. The number of nitrogens with two attached hydrogens (primary N) is 1. The predicted molar refractivity (Wildman–Crippen MR) is 74.8 cm³/mol. The number of carbonyl (C=O) groups is 1. The summed E-state index contributed by atoms with van der Waals surface area (Å²) in [7, 11) is 1.89. The van der Waals surface area contributed by atoms with E-state index in [-0.39, 0.29) is 5.91 Å². The molecule has 0 aromatic carbocycles. The molecular formula is C13H24N2OS. The summed E-state index contributed by atoms with van der Waals surface area (Å²) in [6, 6.07) is 0.421. The third-order valence-electron chi connectivity index (χ3n) is 3.65. The Balaban J connectivity index is 2.92. The summed E-state index contributed by atoms with van der Waals surface area (Å²) < 4.78 is 0. The smallest absolute Gasteiger partial charge is 0.235 e. The van der Waals surface area contributed by atoms with Gasteiger partial charge in [-0.15, -0.1) is 0 Å². The molecule has 0 aromatic heterocycles. The minimum atomic E-state index is -0.601. The number of amides is 1. The molecule has 4 heteroatoms. The van der Waals surface area contributed by atoms with Crippen LogP contribution in [0.15, 0.2) is 0 Å². The van der Waals surface area contributed by atoms with Crippen LogP contribution in [0.2, 0.25) is 0 Å². The maximum atomic E-state index is 12.6. The van der Waals surface area contributed by atoms with E-state index < -0.39 is 5.41 Å². The van der Waals surface area contributed by atoms with E-state index in [1.54, 1.807) is 0 Å². The van der Waals surface area contributed by atoms with Crippen molar-refractivity contribution < 1.29 is 4.79 Å². The molecule has 1 aliphatic carbocycles. The van der Waals surface area contributed by atoms with Crippen molar-refractivity contribution in [1.29, 1.82) is 0 Å². The molecule has 0 atom stereocenters. The van der Waals surface area contributed by atoms with Crippen molar-refractivity contribution in [2.45, 2.75) is 58.4 Å². The largest absolute Gasteiger partial charge is 0.392 e. The summed E-state index contributed by atoms with van der Waals surface area (Å²) in [4.78, 5) is 14.9. The fourth-order valence-electron chi connectivity index (χ4n) is 2.51. The van der Waals surface area contributed by atoms with Crippen LogP contribution < -0.4 is 5.73 Å². The first kappa shape index (κ1) is 14.4. The minimum Gasteiger partial charge on any atom is -0.392 e. The first-order chi connectivity index (χ1) is 7.99. The summed E-state index contributed by atoms with van der Waals surface area (Å²) in [5, 5.41) is 0. The normalized spacial score (nSPS) is 15.7. The highest BCUT2D eigenvalue weighted by Crippen LogP contribution is 2.36. The van der Waals surface area contributed by atoms with Gasteiger partial charge in [0, 0.05) is 13.1 Å². The van der Waals surface area contributed by atoms with E-state index in [0.29, 0.717) is 11.0 Å². The average Bonchev–Trinajstić information content (AvgIpc) is 3.10. The third kappa shape index (κ3) is 2.97. The maximum Gasteiger partial charge on any atom is 0.235 e. The molecule has 0 heterocycles. The molecule has 1 aliphatic rings. The van der Waals surface area contributed by atoms with Crippen molar-refractivity contribution >= 4 is 23.1 Å². The quantitative estimate of drug-likeness (QED) is 0.712. The van der Waals surface area contributed by atoms with Gasteiger partial charge in [-0.1, -0.05) is 38.9 Å². The average molecular weight is 256 g/mol. The van der Waals surface area contributed by atoms with Gasteiger partial charge in [-0.3, -0.25) is 4.79 Å². The minimum absolute atomic E-state index is 0.135. The molecule has 0 aromatic rings. The van der Waals surface area contributed by atoms with Crippen LogP contribution in [0.1, 0.15) is 52.4 Å². The second-order valence-corrected chi connectivity index (χ2v) is 5.53. The molecule has 0 aliphatic heterocycles. The fourth-order valence-corrected chi connectivity index (χ4v) is 2.80. The molecule has 1 amide bonds. The van der Waals surface area contributed by atoms with Crippen LogP contribution in [-0.2, 0) is 4.79 Å². The first-order valence-corrected chi connectivity index (χ1v) is 6.97. The Morgan fingerprint density at radius 3 is 2.12 bits per heavy atom. The van der Waals surface area contributed by atoms with Gasteiger partial charge in [0.25, 0.3) is 0 Å². The van der Waals surface area contributed by atoms with Crippen LogP contribution in [0.5, 0.6) is 0 Å². The first-order valence-electron chi connectivity index (χ1n) is 6.56. The van der Waals surface area contributed by atoms with Gasteiger partial charge in [-0.25, -0.2) is 0 Å². The lowest BCUT2D eigenvalue weighted by Crippen LogP contribution is -2.50. The molecule has 1 saturated carbocycles. The Bertz CT molecular complexity index is 294. The molecule has 0 radical (unpaired) electrons. The number of thiocarbonyl (C=S) groups is 1. The highest BCUT2D eigenvalue weighted by molar-refractivity contribution is 7.80. The molecule has 0 unspecified atom stereocenters. The van der Waals surface area contributed by atoms with Crippen LogP contribution in [-0.4, -0.2) is 28.9 Å². The zero-order chi connectivity index (χ0) is 13.1. The van der Waals surface area contributed by atoms with E-state index in [1.807, 2.05) is 11.9 Å². The molecule has 17 heavy (non-hydrogen) atoms. The Kier molecular flexibility index (Phi) is 4.92. The lowest BCUT2D eigenvalue weighted by molar-refractivity contribution is -0.138. The van der Waals surface area contributed by atoms with Gasteiger partial charge >= 0.3 is 0 Å². The van der Waals surface area contributed by atoms with Gasteiger partial charge in [0.1, 0.15) is 0 Å². The van der Waals surface area contributed by atoms with Crippen LogP contribution in [0.25, 0.3) is 0 Å². The van der Waals surface area contributed by atoms with E-state index in [0.717, 1.165) is 38.5 Å². The second-order valence-electron chi connectivity index (χ2n) is 5.09. The number of hydrogen-bond donors (Lipinski definition) is 1. The molecule has 1 fully saturated rings. The van der Waals surface area contributed by atoms with Crippen LogP contribution >= 0.6 is 12.2 Å². The molecule has 98 valence electrons. The molecule has 2 N–H and O–H groups in total. The SMILES string of the molecule is CCCC(CCC)(C(=O)N(C)C1CC1)C(N)=S. The van der Waals surface area contributed by atoms with Crippen molar-refractivity contribution in [3.05, 3.63) is 0 Å². The number of carbonyl (C=O) groups excluding carboxylic acids is 1. The summed E-state index contributed by atoms with van der Waals surface area (Å²) >= 11 is 5.19. The van der Waals surface area contributed by atoms with Crippen molar-refractivity contribution in [3.8, 4) is 0 Å². The Labute approximate surface area is 110 Å². The highest BCUT2D eigenvalue weighted by atomic mass is 32.1. The second kappa shape index (κ2) is 5.80. The van der Waals surface area contributed by atoms with Gasteiger partial charge in [-0.05, 0) is 25.7 Å². The topological polar surface area (TPSA) is 46.3 Å². The van der Waals surface area contributed by atoms with Crippen molar-refractivity contribution in [1.82, 2.24) is 4.90 Å². The van der Waals surface area contributed by atoms with Gasteiger partial charge in [0.2, 0.25) is 5.91 Å². The lowest BCUT2D eigenvalue weighted by atomic mass is 9.77. The summed E-state index contributed by atoms with van der Waals surface area (Å²) in [5.41, 5.74) is 5.29. The van der Waals surface area contributed by atoms with Crippen LogP contribution in [0, 0.1) is 5.41 Å². The molecule has 0 spiro atoms. The zero-order valence-electron chi connectivity index (χ0n) is 11.2. The van der Waals surface area contributed by atoms with E-state index in [2.05, 4.69) is 13.8 Å². The van der Waals surface area contributed by atoms with E-state index >= 15 is 0 Å². The molecule has 1 rings (SSSR count). The van der Waals surface area contributed by atoms with E-state index in [4.69, 9.17) is 18.0 Å². The molecular weight excluding hydrogens is 232 g/mol. The van der Waals surface area contributed by atoms with Gasteiger partial charge in [0.05, 0.1) is 10.4 Å². The highest BCUT2D eigenvalue weighted by Gasteiger charge is 2.44. The number of hydrogen-bond acceptors (Lipinski definition) is 2. The van der Waals surface area contributed by atoms with Gasteiger partial charge in [-0.2, -0.15) is 0 Å². The summed E-state index contributed by atoms with van der Waals surface area (Å²) in [6.07, 6.45) is 5.64. The van der Waals surface area contributed by atoms with E-state index in [9.17, 15) is 4.79 Å². The molecule has 3 nitrogen and oxygen atoms in total. The molecule has 0 bridgehead atoms. The van der Waals surface area contributed by atoms with Crippen molar-refractivity contribution in [2.24, 2.45) is 11.1 Å². The monoisotopic (exact) mass is 256 g/mol. The zero-order valence-corrected chi connectivity index (χ0v) is 12.0. The van der Waals surface area contributed by atoms with Gasteiger partial charge in [0.15, 0.2) is 0 Å². The standard InChI is InChI=1S/C13H24N2OS/c1-4-8-13(9-5-2,11(14)17)12(16)15(3)10-6-7-10/h10H,4-9H2,1-3H3,(H2,14,17). The van der Waals surface area contributed by atoms with Crippen LogP contribution in [0.3, 0.4) is 0 Å². The predicted octanol–water partition coefficient (Wildman–Crippen LogP) is 2.48. The van der Waals surface area contributed by atoms with Crippen molar-refractivity contribution in [2.75, 3.05) is 7.05 Å². The number of rotatable bonds is 7. The lowest BCUT2D eigenvalue weighted by Gasteiger charge is -2.35. The van der Waals surface area contributed by atoms with Crippen LogP contribution in [0.4, 0.5) is 0 Å². The Morgan fingerprint density at radius 2 is 1.82 bits per heavy atom. The maximum absolute atomic E-state index is 12.6. The Hall–Kier alpha value is -0.640. The van der Waals surface area contributed by atoms with E-state index in [1.165, 1.54) is 0 Å².